The van der Waals surface area contributed by atoms with Gasteiger partial charge in [0.25, 0.3) is 0 Å². The number of aliphatic hydroxyl groups is 1. The second-order valence-corrected chi connectivity index (χ2v) is 3.79. The molecule has 13 heavy (non-hydrogen) atoms. The first-order valence-electron chi connectivity index (χ1n) is 4.62. The van der Waals surface area contributed by atoms with Crippen molar-refractivity contribution in [1.82, 2.24) is 4.90 Å². The lowest BCUT2D eigenvalue weighted by molar-refractivity contribution is 0.0330. The molecule has 0 aliphatic heterocycles. The van der Waals surface area contributed by atoms with Gasteiger partial charge in [-0.25, -0.2) is 0 Å². The highest BCUT2D eigenvalue weighted by atomic mass is 16.5. The largest absolute Gasteiger partial charge is 0.388 e. The summed E-state index contributed by atoms with van der Waals surface area (Å²) in [6, 6.07) is 0. The van der Waals surface area contributed by atoms with E-state index in [9.17, 15) is 5.11 Å². The zero-order valence-electron chi connectivity index (χ0n) is 8.92. The molecule has 0 saturated carbocycles. The fraction of sp³-hybridized carbons (Fsp3) is 1.00. The molecular formula is C9H22N2O2. The molecule has 0 fully saturated rings. The Morgan fingerprint density at radius 3 is 2.62 bits per heavy atom. The van der Waals surface area contributed by atoms with Gasteiger partial charge in [-0.1, -0.05) is 0 Å². The van der Waals surface area contributed by atoms with E-state index in [0.29, 0.717) is 13.1 Å². The van der Waals surface area contributed by atoms with Crippen LogP contribution in [0.25, 0.3) is 0 Å². The Morgan fingerprint density at radius 2 is 2.15 bits per heavy atom. The molecular weight excluding hydrogens is 168 g/mol. The molecule has 4 nitrogen and oxygen atoms in total. The van der Waals surface area contributed by atoms with Gasteiger partial charge in [-0.2, -0.15) is 0 Å². The van der Waals surface area contributed by atoms with Gasteiger partial charge in [0, 0.05) is 33.4 Å². The van der Waals surface area contributed by atoms with Crippen molar-refractivity contribution in [3.05, 3.63) is 0 Å². The number of nitrogens with two attached hydrogens (primary N) is 1. The Morgan fingerprint density at radius 1 is 1.54 bits per heavy atom. The van der Waals surface area contributed by atoms with E-state index in [1.165, 1.54) is 0 Å². The van der Waals surface area contributed by atoms with Crippen molar-refractivity contribution in [2.75, 3.05) is 40.4 Å². The Balaban J connectivity index is 3.55. The van der Waals surface area contributed by atoms with Crippen molar-refractivity contribution in [3.8, 4) is 0 Å². The number of rotatable bonds is 7. The van der Waals surface area contributed by atoms with E-state index in [-0.39, 0.29) is 0 Å². The van der Waals surface area contributed by atoms with Gasteiger partial charge in [0.15, 0.2) is 0 Å². The highest BCUT2D eigenvalue weighted by molar-refractivity contribution is 4.76. The first-order valence-corrected chi connectivity index (χ1v) is 4.62. The quantitative estimate of drug-likeness (QED) is 0.539. The number of methoxy groups -OCH3 is 1. The SMILES string of the molecule is COCCCN(C)CC(C)(O)CN. The van der Waals surface area contributed by atoms with Crippen LogP contribution in [-0.2, 0) is 4.74 Å². The normalized spacial score (nSPS) is 16.2. The minimum atomic E-state index is -0.776. The Kier molecular flexibility index (Phi) is 6.24. The molecule has 1 unspecified atom stereocenters. The zero-order chi connectivity index (χ0) is 10.3. The third-order valence-electron chi connectivity index (χ3n) is 1.94. The molecule has 0 aromatic rings. The number of nitrogens with zero attached hydrogens (tertiary/aromatic N) is 1. The van der Waals surface area contributed by atoms with E-state index >= 15 is 0 Å². The molecule has 0 spiro atoms. The van der Waals surface area contributed by atoms with Gasteiger partial charge in [0.05, 0.1) is 5.60 Å². The van der Waals surface area contributed by atoms with Crippen LogP contribution in [0.5, 0.6) is 0 Å². The average molecular weight is 190 g/mol. The van der Waals surface area contributed by atoms with Crippen LogP contribution in [0.3, 0.4) is 0 Å². The third-order valence-corrected chi connectivity index (χ3v) is 1.94. The monoisotopic (exact) mass is 190 g/mol. The Labute approximate surface area is 80.7 Å². The van der Waals surface area contributed by atoms with Gasteiger partial charge in [0.1, 0.15) is 0 Å². The van der Waals surface area contributed by atoms with E-state index in [0.717, 1.165) is 19.6 Å². The molecule has 0 amide bonds. The number of ether oxygens (including phenoxy) is 1. The van der Waals surface area contributed by atoms with Crippen molar-refractivity contribution < 1.29 is 9.84 Å². The second kappa shape index (κ2) is 6.32. The molecule has 0 saturated heterocycles. The van der Waals surface area contributed by atoms with E-state index < -0.39 is 5.60 Å². The van der Waals surface area contributed by atoms with Gasteiger partial charge in [-0.15, -0.1) is 0 Å². The van der Waals surface area contributed by atoms with Crippen LogP contribution >= 0.6 is 0 Å². The molecule has 0 aromatic heterocycles. The lowest BCUT2D eigenvalue weighted by Gasteiger charge is -2.27. The van der Waals surface area contributed by atoms with Crippen molar-refractivity contribution >= 4 is 0 Å². The number of likely N-dealkylation sites (N-methyl/N-ethyl adjacent to an activating group) is 1. The summed E-state index contributed by atoms with van der Waals surface area (Å²) in [6.45, 7) is 4.33. The zero-order valence-corrected chi connectivity index (χ0v) is 8.92. The highest BCUT2D eigenvalue weighted by Gasteiger charge is 2.19. The first-order chi connectivity index (χ1) is 6.02. The molecule has 0 bridgehead atoms. The summed E-state index contributed by atoms with van der Waals surface area (Å²) < 4.78 is 4.93. The molecule has 0 rings (SSSR count). The van der Waals surface area contributed by atoms with Crippen molar-refractivity contribution in [3.63, 3.8) is 0 Å². The van der Waals surface area contributed by atoms with Crippen LogP contribution in [0.2, 0.25) is 0 Å². The number of hydrogen-bond donors (Lipinski definition) is 2. The molecule has 4 heteroatoms. The number of hydrogen-bond acceptors (Lipinski definition) is 4. The van der Waals surface area contributed by atoms with Crippen LogP contribution in [0.1, 0.15) is 13.3 Å². The minimum Gasteiger partial charge on any atom is -0.388 e. The third kappa shape index (κ3) is 6.95. The van der Waals surface area contributed by atoms with Crippen molar-refractivity contribution in [1.29, 1.82) is 0 Å². The summed E-state index contributed by atoms with van der Waals surface area (Å²) in [7, 11) is 3.66. The van der Waals surface area contributed by atoms with E-state index in [4.69, 9.17) is 10.5 Å². The maximum absolute atomic E-state index is 9.65. The minimum absolute atomic E-state index is 0.293. The first kappa shape index (κ1) is 12.8. The van der Waals surface area contributed by atoms with Crippen LogP contribution in [0.4, 0.5) is 0 Å². The standard InChI is InChI=1S/C9H22N2O2/c1-9(12,7-10)8-11(2)5-4-6-13-3/h12H,4-8,10H2,1-3H3. The fourth-order valence-electron chi connectivity index (χ4n) is 1.20. The topological polar surface area (TPSA) is 58.7 Å². The highest BCUT2D eigenvalue weighted by Crippen LogP contribution is 2.02. The molecule has 0 radical (unpaired) electrons. The maximum Gasteiger partial charge on any atom is 0.0867 e. The molecule has 1 atom stereocenters. The molecule has 0 aliphatic rings. The van der Waals surface area contributed by atoms with E-state index in [1.807, 2.05) is 7.05 Å². The van der Waals surface area contributed by atoms with Crippen LogP contribution in [-0.4, -0.2) is 56.0 Å². The molecule has 80 valence electrons. The van der Waals surface area contributed by atoms with E-state index in [2.05, 4.69) is 4.90 Å². The molecule has 0 aromatic carbocycles. The lowest BCUT2D eigenvalue weighted by atomic mass is 10.1. The van der Waals surface area contributed by atoms with Gasteiger partial charge in [0.2, 0.25) is 0 Å². The van der Waals surface area contributed by atoms with Gasteiger partial charge in [-0.05, 0) is 20.4 Å². The fourth-order valence-corrected chi connectivity index (χ4v) is 1.20. The Bertz CT molecular complexity index is 129. The smallest absolute Gasteiger partial charge is 0.0867 e. The molecule has 0 heterocycles. The van der Waals surface area contributed by atoms with Gasteiger partial charge < -0.3 is 20.5 Å². The average Bonchev–Trinajstić information content (AvgIpc) is 2.04. The van der Waals surface area contributed by atoms with Crippen LogP contribution < -0.4 is 5.73 Å². The van der Waals surface area contributed by atoms with Gasteiger partial charge >= 0.3 is 0 Å². The maximum atomic E-state index is 9.65. The summed E-state index contributed by atoms with van der Waals surface area (Å²) in [5.41, 5.74) is 4.63. The van der Waals surface area contributed by atoms with Crippen molar-refractivity contribution in [2.45, 2.75) is 18.9 Å². The second-order valence-electron chi connectivity index (χ2n) is 3.79. The summed E-state index contributed by atoms with van der Waals surface area (Å²) in [4.78, 5) is 2.06. The van der Waals surface area contributed by atoms with Crippen LogP contribution in [0.15, 0.2) is 0 Å². The van der Waals surface area contributed by atoms with Crippen molar-refractivity contribution in [2.24, 2.45) is 5.73 Å². The van der Waals surface area contributed by atoms with Crippen LogP contribution in [0, 0.1) is 0 Å². The molecule has 3 N–H and O–H groups in total. The summed E-state index contributed by atoms with van der Waals surface area (Å²) in [5.74, 6) is 0. The van der Waals surface area contributed by atoms with E-state index in [1.54, 1.807) is 14.0 Å². The van der Waals surface area contributed by atoms with Gasteiger partial charge in [-0.3, -0.25) is 0 Å². The molecule has 0 aliphatic carbocycles. The predicted octanol–water partition coefficient (Wildman–Crippen LogP) is -0.336. The lowest BCUT2D eigenvalue weighted by Crippen LogP contribution is -2.45. The summed E-state index contributed by atoms with van der Waals surface area (Å²) >= 11 is 0. The predicted molar refractivity (Wildman–Crippen MR) is 53.7 cm³/mol. The Hall–Kier alpha value is -0.160. The summed E-state index contributed by atoms with van der Waals surface area (Å²) in [6.07, 6.45) is 0.980. The summed E-state index contributed by atoms with van der Waals surface area (Å²) in [5, 5.41) is 9.65.